The first-order chi connectivity index (χ1) is 13.8. The monoisotopic (exact) mass is 400 g/mol. The summed E-state index contributed by atoms with van der Waals surface area (Å²) in [7, 11) is 1.15. The van der Waals surface area contributed by atoms with E-state index in [0.29, 0.717) is 23.8 Å². The van der Waals surface area contributed by atoms with Crippen molar-refractivity contribution in [2.45, 2.75) is 26.4 Å². The van der Waals surface area contributed by atoms with Crippen molar-refractivity contribution < 1.29 is 28.7 Å². The third-order valence-corrected chi connectivity index (χ3v) is 4.36. The Morgan fingerprint density at radius 1 is 1.24 bits per heavy atom. The number of hydrogen-bond acceptors (Lipinski definition) is 7. The summed E-state index contributed by atoms with van der Waals surface area (Å²) >= 11 is 0. The van der Waals surface area contributed by atoms with Crippen LogP contribution in [0, 0.1) is 10.1 Å². The zero-order valence-corrected chi connectivity index (χ0v) is 16.2. The van der Waals surface area contributed by atoms with E-state index in [2.05, 4.69) is 10.1 Å². The molecule has 1 amide bonds. The van der Waals surface area contributed by atoms with Gasteiger partial charge in [-0.25, -0.2) is 4.79 Å². The van der Waals surface area contributed by atoms with Crippen LogP contribution in [0.2, 0.25) is 0 Å². The molecule has 0 aliphatic carbocycles. The first-order valence-electron chi connectivity index (χ1n) is 8.98. The highest BCUT2D eigenvalue weighted by atomic mass is 16.6. The average molecular weight is 400 g/mol. The van der Waals surface area contributed by atoms with Crippen molar-refractivity contribution in [3.05, 3.63) is 57.1 Å². The van der Waals surface area contributed by atoms with E-state index in [4.69, 9.17) is 9.47 Å². The van der Waals surface area contributed by atoms with Gasteiger partial charge in [-0.3, -0.25) is 14.9 Å². The highest BCUT2D eigenvalue weighted by Gasteiger charge is 2.24. The minimum Gasteiger partial charge on any atom is -0.492 e. The number of nitro benzene ring substituents is 1. The van der Waals surface area contributed by atoms with Gasteiger partial charge in [0, 0.05) is 35.7 Å². The van der Waals surface area contributed by atoms with Crippen LogP contribution in [-0.2, 0) is 11.2 Å². The molecule has 1 aliphatic rings. The summed E-state index contributed by atoms with van der Waals surface area (Å²) in [4.78, 5) is 35.1. The lowest BCUT2D eigenvalue weighted by Crippen LogP contribution is -2.15. The van der Waals surface area contributed by atoms with Gasteiger partial charge in [0.15, 0.2) is 0 Å². The molecule has 0 saturated carbocycles. The Kier molecular flexibility index (Phi) is 5.67. The fourth-order valence-electron chi connectivity index (χ4n) is 3.09. The molecule has 2 aromatic carbocycles. The summed E-state index contributed by atoms with van der Waals surface area (Å²) in [5, 5.41) is 13.9. The second-order valence-corrected chi connectivity index (χ2v) is 6.49. The molecule has 0 fully saturated rings. The minimum absolute atomic E-state index is 0.0183. The van der Waals surface area contributed by atoms with Crippen molar-refractivity contribution in [3.63, 3.8) is 0 Å². The third-order valence-electron chi connectivity index (χ3n) is 4.36. The van der Waals surface area contributed by atoms with Crippen molar-refractivity contribution in [1.82, 2.24) is 0 Å². The van der Waals surface area contributed by atoms with Crippen molar-refractivity contribution in [2.24, 2.45) is 0 Å². The van der Waals surface area contributed by atoms with Crippen LogP contribution in [-0.4, -0.2) is 36.6 Å². The fraction of sp³-hybridized carbons (Fsp3) is 0.300. The van der Waals surface area contributed by atoms with Gasteiger partial charge in [-0.15, -0.1) is 0 Å². The van der Waals surface area contributed by atoms with Gasteiger partial charge in [0.25, 0.3) is 11.6 Å². The van der Waals surface area contributed by atoms with Gasteiger partial charge < -0.3 is 19.5 Å². The quantitative estimate of drug-likeness (QED) is 0.449. The van der Waals surface area contributed by atoms with E-state index in [9.17, 15) is 19.7 Å². The molecule has 29 heavy (non-hydrogen) atoms. The summed E-state index contributed by atoms with van der Waals surface area (Å²) < 4.78 is 16.0. The van der Waals surface area contributed by atoms with Crippen molar-refractivity contribution in [1.29, 1.82) is 0 Å². The average Bonchev–Trinajstić information content (AvgIpc) is 3.06. The normalized spacial score (nSPS) is 14.5. The van der Waals surface area contributed by atoms with E-state index in [1.54, 1.807) is 6.07 Å². The van der Waals surface area contributed by atoms with E-state index in [-0.39, 0.29) is 17.2 Å². The van der Waals surface area contributed by atoms with E-state index in [1.807, 2.05) is 19.9 Å². The SMILES string of the molecule is CCOc1cc2c(cc1NC(=O)c1cc(C(=O)OC)cc([N+](=O)[O-])c1)O[C@H](C)C2. The highest BCUT2D eigenvalue weighted by Crippen LogP contribution is 2.38. The van der Waals surface area contributed by atoms with E-state index in [1.165, 1.54) is 6.07 Å². The molecule has 1 N–H and O–H groups in total. The Bertz CT molecular complexity index is 987. The van der Waals surface area contributed by atoms with Crippen LogP contribution in [0.25, 0.3) is 0 Å². The standard InChI is InChI=1S/C20H20N2O7/c1-4-28-18-9-12-5-11(2)29-17(12)10-16(18)21-19(23)13-6-14(20(24)27-3)8-15(7-13)22(25)26/h6-11H,4-5H2,1-3H3,(H,21,23)/t11-/m1/s1. The molecule has 1 atom stereocenters. The van der Waals surface area contributed by atoms with Gasteiger partial charge in [0.2, 0.25) is 0 Å². The molecular weight excluding hydrogens is 380 g/mol. The third kappa shape index (κ3) is 4.29. The number of benzene rings is 2. The van der Waals surface area contributed by atoms with Crippen LogP contribution < -0.4 is 14.8 Å². The summed E-state index contributed by atoms with van der Waals surface area (Å²) in [6, 6.07) is 6.86. The molecule has 1 aliphatic heterocycles. The lowest BCUT2D eigenvalue weighted by atomic mass is 10.1. The number of amides is 1. The van der Waals surface area contributed by atoms with Crippen molar-refractivity contribution >= 4 is 23.3 Å². The fourth-order valence-corrected chi connectivity index (χ4v) is 3.09. The van der Waals surface area contributed by atoms with Crippen LogP contribution in [0.3, 0.4) is 0 Å². The summed E-state index contributed by atoms with van der Waals surface area (Å²) in [6.07, 6.45) is 0.751. The number of carbonyl (C=O) groups is 2. The van der Waals surface area contributed by atoms with E-state index < -0.39 is 22.5 Å². The number of rotatable bonds is 6. The number of nitrogens with zero attached hydrogens (tertiary/aromatic N) is 1. The number of ether oxygens (including phenoxy) is 3. The smallest absolute Gasteiger partial charge is 0.338 e. The minimum atomic E-state index is -0.780. The maximum absolute atomic E-state index is 12.8. The van der Waals surface area contributed by atoms with Gasteiger partial charge in [-0.1, -0.05) is 0 Å². The molecule has 1 heterocycles. The second-order valence-electron chi connectivity index (χ2n) is 6.49. The molecule has 0 aromatic heterocycles. The number of esters is 1. The number of nitro groups is 1. The number of anilines is 1. The molecule has 9 nitrogen and oxygen atoms in total. The van der Waals surface area contributed by atoms with Gasteiger partial charge in [0.1, 0.15) is 17.6 Å². The molecule has 0 unspecified atom stereocenters. The maximum atomic E-state index is 12.8. The maximum Gasteiger partial charge on any atom is 0.338 e. The van der Waals surface area contributed by atoms with Gasteiger partial charge in [-0.05, 0) is 26.0 Å². The molecule has 0 radical (unpaired) electrons. The predicted octanol–water partition coefficient (Wildman–Crippen LogP) is 3.36. The number of carbonyl (C=O) groups excluding carboxylic acids is 2. The number of fused-ring (bicyclic) bond motifs is 1. The molecule has 9 heteroatoms. The Balaban J connectivity index is 1.96. The van der Waals surface area contributed by atoms with Gasteiger partial charge >= 0.3 is 5.97 Å². The van der Waals surface area contributed by atoms with Crippen LogP contribution in [0.1, 0.15) is 40.1 Å². The van der Waals surface area contributed by atoms with E-state index in [0.717, 1.165) is 31.2 Å². The number of hydrogen-bond donors (Lipinski definition) is 1. The lowest BCUT2D eigenvalue weighted by Gasteiger charge is -2.14. The summed E-state index contributed by atoms with van der Waals surface area (Å²) in [6.45, 7) is 4.15. The highest BCUT2D eigenvalue weighted by molar-refractivity contribution is 6.07. The second kappa shape index (κ2) is 8.17. The molecule has 0 bridgehead atoms. The van der Waals surface area contributed by atoms with Crippen LogP contribution in [0.4, 0.5) is 11.4 Å². The Morgan fingerprint density at radius 2 is 1.97 bits per heavy atom. The van der Waals surface area contributed by atoms with E-state index >= 15 is 0 Å². The predicted molar refractivity (Wildman–Crippen MR) is 104 cm³/mol. The molecule has 3 rings (SSSR count). The topological polar surface area (TPSA) is 117 Å². The largest absolute Gasteiger partial charge is 0.492 e. The van der Waals surface area contributed by atoms with Crippen LogP contribution >= 0.6 is 0 Å². The Hall–Kier alpha value is -3.62. The molecule has 152 valence electrons. The summed E-state index contributed by atoms with van der Waals surface area (Å²) in [5.41, 5.74) is 0.798. The number of non-ortho nitro benzene ring substituents is 1. The number of nitrogens with one attached hydrogen (secondary N) is 1. The van der Waals surface area contributed by atoms with Crippen LogP contribution in [0.15, 0.2) is 30.3 Å². The van der Waals surface area contributed by atoms with Crippen molar-refractivity contribution in [3.8, 4) is 11.5 Å². The zero-order valence-electron chi connectivity index (χ0n) is 16.2. The van der Waals surface area contributed by atoms with Crippen molar-refractivity contribution in [2.75, 3.05) is 19.0 Å². The molecule has 2 aromatic rings. The first-order valence-corrected chi connectivity index (χ1v) is 8.98. The first kappa shape index (κ1) is 20.1. The van der Waals surface area contributed by atoms with Crippen LogP contribution in [0.5, 0.6) is 11.5 Å². The Labute approximate surface area is 166 Å². The molecule has 0 saturated heterocycles. The Morgan fingerprint density at radius 3 is 2.62 bits per heavy atom. The molecular formula is C20H20N2O7. The van der Waals surface area contributed by atoms with Gasteiger partial charge in [0.05, 0.1) is 29.9 Å². The summed E-state index contributed by atoms with van der Waals surface area (Å²) in [5.74, 6) is -0.301. The molecule has 0 spiro atoms. The number of methoxy groups -OCH3 is 1. The van der Waals surface area contributed by atoms with Gasteiger partial charge in [-0.2, -0.15) is 0 Å². The zero-order chi connectivity index (χ0) is 21.1. The lowest BCUT2D eigenvalue weighted by molar-refractivity contribution is -0.384.